The molecule has 0 amide bonds. The largest absolute Gasteiger partial charge is 0.466 e. The fraction of sp³-hybridized carbons (Fsp3) is 0.500. The van der Waals surface area contributed by atoms with Crippen LogP contribution < -0.4 is 0 Å². The fourth-order valence-corrected chi connectivity index (χ4v) is 2.44. The van der Waals surface area contributed by atoms with Crippen LogP contribution in [0.2, 0.25) is 0 Å². The molecule has 2 heteroatoms. The van der Waals surface area contributed by atoms with Crippen molar-refractivity contribution in [1.82, 2.24) is 0 Å². The Morgan fingerprint density at radius 2 is 2.06 bits per heavy atom. The molecule has 16 heavy (non-hydrogen) atoms. The van der Waals surface area contributed by atoms with Gasteiger partial charge in [-0.05, 0) is 44.7 Å². The number of carbonyl (C=O) groups is 1. The van der Waals surface area contributed by atoms with Gasteiger partial charge in [0, 0.05) is 0 Å². The van der Waals surface area contributed by atoms with Crippen LogP contribution in [-0.4, -0.2) is 12.6 Å². The molecule has 1 aromatic rings. The van der Waals surface area contributed by atoms with Gasteiger partial charge in [-0.25, -0.2) is 0 Å². The Labute approximate surface area is 96.6 Å². The van der Waals surface area contributed by atoms with Gasteiger partial charge in [-0.3, -0.25) is 4.79 Å². The van der Waals surface area contributed by atoms with Gasteiger partial charge in [0.2, 0.25) is 0 Å². The average Bonchev–Trinajstić information content (AvgIpc) is 2.55. The molecule has 1 atom stereocenters. The molecule has 0 aliphatic heterocycles. The Kier molecular flexibility index (Phi) is 2.75. The van der Waals surface area contributed by atoms with Crippen LogP contribution in [0.3, 0.4) is 0 Å². The summed E-state index contributed by atoms with van der Waals surface area (Å²) in [7, 11) is 0. The van der Waals surface area contributed by atoms with Crippen molar-refractivity contribution in [2.45, 2.75) is 33.6 Å². The van der Waals surface area contributed by atoms with Gasteiger partial charge >= 0.3 is 5.97 Å². The third kappa shape index (κ3) is 1.84. The monoisotopic (exact) mass is 218 g/mol. The second-order valence-corrected chi connectivity index (χ2v) is 4.91. The molecular weight excluding hydrogens is 200 g/mol. The molecule has 0 heterocycles. The van der Waals surface area contributed by atoms with E-state index in [-0.39, 0.29) is 11.4 Å². The molecule has 2 nitrogen and oxygen atoms in total. The Hall–Kier alpha value is -1.31. The van der Waals surface area contributed by atoms with Crippen molar-refractivity contribution in [1.29, 1.82) is 0 Å². The minimum absolute atomic E-state index is 0.0659. The van der Waals surface area contributed by atoms with E-state index in [0.29, 0.717) is 6.61 Å². The molecule has 1 aliphatic rings. The Bertz CT molecular complexity index is 423. The van der Waals surface area contributed by atoms with E-state index < -0.39 is 0 Å². The number of rotatable bonds is 2. The van der Waals surface area contributed by atoms with Gasteiger partial charge in [0.1, 0.15) is 0 Å². The third-order valence-electron chi connectivity index (χ3n) is 3.29. The maximum atomic E-state index is 11.9. The van der Waals surface area contributed by atoms with Gasteiger partial charge < -0.3 is 4.74 Å². The lowest BCUT2D eigenvalue weighted by Crippen LogP contribution is -2.30. The number of esters is 1. The van der Waals surface area contributed by atoms with Gasteiger partial charge in [0.05, 0.1) is 12.0 Å². The highest BCUT2D eigenvalue weighted by Crippen LogP contribution is 2.38. The Morgan fingerprint density at radius 3 is 2.75 bits per heavy atom. The van der Waals surface area contributed by atoms with Crippen LogP contribution in [0, 0.1) is 12.3 Å². The van der Waals surface area contributed by atoms with E-state index in [1.807, 2.05) is 13.8 Å². The van der Waals surface area contributed by atoms with E-state index in [0.717, 1.165) is 12.8 Å². The van der Waals surface area contributed by atoms with Crippen LogP contribution in [0.1, 0.15) is 30.5 Å². The first-order valence-corrected chi connectivity index (χ1v) is 5.81. The lowest BCUT2D eigenvalue weighted by atomic mass is 9.87. The number of benzene rings is 1. The minimum atomic E-state index is -0.355. The van der Waals surface area contributed by atoms with E-state index in [1.165, 1.54) is 16.7 Å². The number of hydrogen-bond donors (Lipinski definition) is 0. The van der Waals surface area contributed by atoms with Crippen molar-refractivity contribution >= 4 is 5.97 Å². The molecule has 0 fully saturated rings. The van der Waals surface area contributed by atoms with Crippen LogP contribution >= 0.6 is 0 Å². The zero-order chi connectivity index (χ0) is 11.8. The summed E-state index contributed by atoms with van der Waals surface area (Å²) in [6.07, 6.45) is 1.62. The van der Waals surface area contributed by atoms with E-state index in [1.54, 1.807) is 0 Å². The van der Waals surface area contributed by atoms with Crippen LogP contribution in [0.15, 0.2) is 18.2 Å². The molecule has 0 spiro atoms. The predicted octanol–water partition coefficient (Wildman–Crippen LogP) is 2.66. The summed E-state index contributed by atoms with van der Waals surface area (Å²) in [5.41, 5.74) is 3.50. The van der Waals surface area contributed by atoms with Gasteiger partial charge in [-0.15, -0.1) is 0 Å². The summed E-state index contributed by atoms with van der Waals surface area (Å²) in [5, 5.41) is 0. The maximum absolute atomic E-state index is 11.9. The first kappa shape index (κ1) is 11.2. The fourth-order valence-electron chi connectivity index (χ4n) is 2.44. The van der Waals surface area contributed by atoms with Crippen molar-refractivity contribution in [3.63, 3.8) is 0 Å². The standard InChI is InChI=1S/C14H18O2/c1-4-16-13(15)14(3)8-11-6-5-10(2)7-12(11)9-14/h5-7H,4,8-9H2,1-3H3. The highest BCUT2D eigenvalue weighted by Gasteiger charge is 2.40. The Morgan fingerprint density at radius 1 is 1.38 bits per heavy atom. The van der Waals surface area contributed by atoms with Gasteiger partial charge in [0.25, 0.3) is 0 Å². The summed E-state index contributed by atoms with van der Waals surface area (Å²) >= 11 is 0. The van der Waals surface area contributed by atoms with Crippen LogP contribution in [0.4, 0.5) is 0 Å². The minimum Gasteiger partial charge on any atom is -0.466 e. The SMILES string of the molecule is CCOC(=O)C1(C)Cc2ccc(C)cc2C1. The second kappa shape index (κ2) is 3.93. The maximum Gasteiger partial charge on any atom is 0.312 e. The molecular formula is C14H18O2. The normalized spacial score (nSPS) is 22.9. The number of aryl methyl sites for hydroxylation is 1. The summed E-state index contributed by atoms with van der Waals surface area (Å²) < 4.78 is 5.15. The molecule has 86 valence electrons. The summed E-state index contributed by atoms with van der Waals surface area (Å²) in [4.78, 5) is 11.9. The number of carbonyl (C=O) groups excluding carboxylic acids is 1. The average molecular weight is 218 g/mol. The van der Waals surface area contributed by atoms with Crippen molar-refractivity contribution in [3.05, 3.63) is 34.9 Å². The van der Waals surface area contributed by atoms with Crippen LogP contribution in [0.5, 0.6) is 0 Å². The molecule has 1 aromatic carbocycles. The van der Waals surface area contributed by atoms with Gasteiger partial charge in [-0.1, -0.05) is 23.8 Å². The molecule has 0 radical (unpaired) electrons. The van der Waals surface area contributed by atoms with Crippen LogP contribution in [0.25, 0.3) is 0 Å². The highest BCUT2D eigenvalue weighted by atomic mass is 16.5. The zero-order valence-corrected chi connectivity index (χ0v) is 10.2. The van der Waals surface area contributed by atoms with Gasteiger partial charge in [0.15, 0.2) is 0 Å². The molecule has 0 saturated carbocycles. The van der Waals surface area contributed by atoms with Crippen molar-refractivity contribution in [2.75, 3.05) is 6.61 Å². The highest BCUT2D eigenvalue weighted by molar-refractivity contribution is 5.78. The summed E-state index contributed by atoms with van der Waals surface area (Å²) in [5.74, 6) is -0.0659. The molecule has 0 aromatic heterocycles. The topological polar surface area (TPSA) is 26.3 Å². The Balaban J connectivity index is 2.24. The van der Waals surface area contributed by atoms with Crippen LogP contribution in [-0.2, 0) is 22.4 Å². The second-order valence-electron chi connectivity index (χ2n) is 4.91. The van der Waals surface area contributed by atoms with E-state index in [4.69, 9.17) is 4.74 Å². The quantitative estimate of drug-likeness (QED) is 0.713. The number of hydrogen-bond acceptors (Lipinski definition) is 2. The molecule has 0 bridgehead atoms. The number of ether oxygens (including phenoxy) is 1. The molecule has 0 N–H and O–H groups in total. The van der Waals surface area contributed by atoms with Crippen molar-refractivity contribution in [2.24, 2.45) is 5.41 Å². The van der Waals surface area contributed by atoms with E-state index in [9.17, 15) is 4.79 Å². The van der Waals surface area contributed by atoms with Crippen molar-refractivity contribution < 1.29 is 9.53 Å². The summed E-state index contributed by atoms with van der Waals surface area (Å²) in [6, 6.07) is 6.42. The third-order valence-corrected chi connectivity index (χ3v) is 3.29. The molecule has 1 aliphatic carbocycles. The molecule has 1 unspecified atom stereocenters. The zero-order valence-electron chi connectivity index (χ0n) is 10.2. The van der Waals surface area contributed by atoms with E-state index in [2.05, 4.69) is 25.1 Å². The van der Waals surface area contributed by atoms with E-state index >= 15 is 0 Å². The lowest BCUT2D eigenvalue weighted by Gasteiger charge is -2.20. The number of fused-ring (bicyclic) bond motifs is 1. The smallest absolute Gasteiger partial charge is 0.312 e. The first-order chi connectivity index (χ1) is 7.55. The molecule has 0 saturated heterocycles. The van der Waals surface area contributed by atoms with Gasteiger partial charge in [-0.2, -0.15) is 0 Å². The summed E-state index contributed by atoms with van der Waals surface area (Å²) in [6.45, 7) is 6.40. The molecule has 2 rings (SSSR count). The first-order valence-electron chi connectivity index (χ1n) is 5.81. The predicted molar refractivity (Wildman–Crippen MR) is 63.3 cm³/mol. The van der Waals surface area contributed by atoms with Crippen molar-refractivity contribution in [3.8, 4) is 0 Å². The lowest BCUT2D eigenvalue weighted by molar-refractivity contribution is -0.153.